The van der Waals surface area contributed by atoms with Gasteiger partial charge >= 0.3 is 0 Å². The van der Waals surface area contributed by atoms with Crippen LogP contribution in [-0.2, 0) is 0 Å². The molecule has 2 atom stereocenters. The standard InChI is InChI=1S/C14H20FNO2/c15-12-8-10(17)6-7-11(12)13(16)14(18)9-4-2-1-3-5-9/h6-9,13-14,17-18H,1-5,16H2/t13-,14+/m0/s1. The topological polar surface area (TPSA) is 66.5 Å². The van der Waals surface area contributed by atoms with Crippen LogP contribution >= 0.6 is 0 Å². The highest BCUT2D eigenvalue weighted by Gasteiger charge is 2.29. The maximum absolute atomic E-state index is 13.7. The summed E-state index contributed by atoms with van der Waals surface area (Å²) in [6.07, 6.45) is 4.60. The first-order valence-electron chi connectivity index (χ1n) is 6.51. The van der Waals surface area contributed by atoms with Gasteiger partial charge in [-0.2, -0.15) is 0 Å². The predicted octanol–water partition coefficient (Wildman–Crippen LogP) is 2.47. The molecule has 4 N–H and O–H groups in total. The van der Waals surface area contributed by atoms with Crippen LogP contribution in [-0.4, -0.2) is 16.3 Å². The van der Waals surface area contributed by atoms with E-state index in [9.17, 15) is 9.50 Å². The molecule has 0 spiro atoms. The summed E-state index contributed by atoms with van der Waals surface area (Å²) in [6.45, 7) is 0. The molecule has 18 heavy (non-hydrogen) atoms. The van der Waals surface area contributed by atoms with Gasteiger partial charge in [-0.15, -0.1) is 0 Å². The summed E-state index contributed by atoms with van der Waals surface area (Å²) < 4.78 is 13.7. The molecule has 1 aromatic rings. The van der Waals surface area contributed by atoms with E-state index in [1.54, 1.807) is 0 Å². The average Bonchev–Trinajstić information content (AvgIpc) is 2.38. The Morgan fingerprint density at radius 3 is 2.50 bits per heavy atom. The Morgan fingerprint density at radius 2 is 1.89 bits per heavy atom. The number of rotatable bonds is 3. The van der Waals surface area contributed by atoms with Gasteiger partial charge in [0, 0.05) is 11.6 Å². The van der Waals surface area contributed by atoms with E-state index in [2.05, 4.69) is 0 Å². The fraction of sp³-hybridized carbons (Fsp3) is 0.571. The molecule has 1 aliphatic carbocycles. The molecule has 0 bridgehead atoms. The molecule has 1 aromatic carbocycles. The van der Waals surface area contributed by atoms with E-state index in [4.69, 9.17) is 10.8 Å². The molecule has 1 fully saturated rings. The van der Waals surface area contributed by atoms with Crippen molar-refractivity contribution in [1.82, 2.24) is 0 Å². The minimum atomic E-state index is -0.728. The van der Waals surface area contributed by atoms with Crippen molar-refractivity contribution in [1.29, 1.82) is 0 Å². The second-order valence-electron chi connectivity index (χ2n) is 5.12. The van der Waals surface area contributed by atoms with Gasteiger partial charge in [0.1, 0.15) is 11.6 Å². The molecule has 1 aliphatic rings. The average molecular weight is 253 g/mol. The van der Waals surface area contributed by atoms with E-state index in [1.165, 1.54) is 18.6 Å². The van der Waals surface area contributed by atoms with Crippen LogP contribution in [0.25, 0.3) is 0 Å². The first-order chi connectivity index (χ1) is 8.59. The van der Waals surface area contributed by atoms with E-state index in [0.29, 0.717) is 0 Å². The lowest BCUT2D eigenvalue weighted by molar-refractivity contribution is 0.0607. The zero-order valence-corrected chi connectivity index (χ0v) is 10.3. The Balaban J connectivity index is 2.11. The zero-order valence-electron chi connectivity index (χ0n) is 10.3. The first kappa shape index (κ1) is 13.3. The van der Waals surface area contributed by atoms with Crippen molar-refractivity contribution in [3.05, 3.63) is 29.6 Å². The fourth-order valence-corrected chi connectivity index (χ4v) is 2.74. The highest BCUT2D eigenvalue weighted by molar-refractivity contribution is 5.30. The van der Waals surface area contributed by atoms with Crippen molar-refractivity contribution >= 4 is 0 Å². The van der Waals surface area contributed by atoms with Crippen LogP contribution in [0.3, 0.4) is 0 Å². The van der Waals surface area contributed by atoms with Gasteiger partial charge in [-0.25, -0.2) is 4.39 Å². The molecule has 4 heteroatoms. The SMILES string of the molecule is N[C@@H](c1ccc(O)cc1F)[C@H](O)C1CCCCC1. The van der Waals surface area contributed by atoms with Crippen molar-refractivity contribution in [2.75, 3.05) is 0 Å². The Hall–Kier alpha value is -1.13. The lowest BCUT2D eigenvalue weighted by atomic mass is 9.81. The van der Waals surface area contributed by atoms with Crippen LogP contribution in [0.5, 0.6) is 5.75 Å². The molecular formula is C14H20FNO2. The molecule has 100 valence electrons. The lowest BCUT2D eigenvalue weighted by Gasteiger charge is -2.30. The minimum Gasteiger partial charge on any atom is -0.508 e. The number of phenolic OH excluding ortho intramolecular Hbond substituents is 1. The second kappa shape index (κ2) is 5.67. The Kier molecular flexibility index (Phi) is 4.19. The molecule has 2 rings (SSSR count). The number of nitrogens with two attached hydrogens (primary N) is 1. The first-order valence-corrected chi connectivity index (χ1v) is 6.51. The van der Waals surface area contributed by atoms with Gasteiger partial charge in [0.05, 0.1) is 12.1 Å². The predicted molar refractivity (Wildman–Crippen MR) is 67.6 cm³/mol. The maximum atomic E-state index is 13.7. The number of hydrogen-bond donors (Lipinski definition) is 3. The summed E-state index contributed by atoms with van der Waals surface area (Å²) >= 11 is 0. The number of halogens is 1. The van der Waals surface area contributed by atoms with E-state index in [1.807, 2.05) is 0 Å². The monoisotopic (exact) mass is 253 g/mol. The quantitative estimate of drug-likeness (QED) is 0.775. The van der Waals surface area contributed by atoms with Crippen LogP contribution in [0, 0.1) is 11.7 Å². The second-order valence-corrected chi connectivity index (χ2v) is 5.12. The molecule has 0 heterocycles. The van der Waals surface area contributed by atoms with Gasteiger partial charge in [-0.05, 0) is 24.8 Å². The van der Waals surface area contributed by atoms with Crippen molar-refractivity contribution in [3.63, 3.8) is 0 Å². The molecule has 0 unspecified atom stereocenters. The van der Waals surface area contributed by atoms with E-state index >= 15 is 0 Å². The summed E-state index contributed by atoms with van der Waals surface area (Å²) in [5.74, 6) is -0.532. The normalized spacial score (nSPS) is 20.6. The van der Waals surface area contributed by atoms with E-state index in [0.717, 1.165) is 31.7 Å². The van der Waals surface area contributed by atoms with E-state index in [-0.39, 0.29) is 17.2 Å². The van der Waals surface area contributed by atoms with Crippen LogP contribution in [0.2, 0.25) is 0 Å². The number of hydrogen-bond acceptors (Lipinski definition) is 3. The van der Waals surface area contributed by atoms with E-state index < -0.39 is 18.0 Å². The summed E-state index contributed by atoms with van der Waals surface area (Å²) in [4.78, 5) is 0. The fourth-order valence-electron chi connectivity index (χ4n) is 2.74. The van der Waals surface area contributed by atoms with Gasteiger partial charge in [0.25, 0.3) is 0 Å². The molecular weight excluding hydrogens is 233 g/mol. The molecule has 0 saturated heterocycles. The van der Waals surface area contributed by atoms with Crippen LogP contribution in [0.1, 0.15) is 43.7 Å². The van der Waals surface area contributed by atoms with Crippen LogP contribution in [0.15, 0.2) is 18.2 Å². The third-order valence-electron chi connectivity index (χ3n) is 3.84. The van der Waals surface area contributed by atoms with Crippen molar-refractivity contribution in [3.8, 4) is 5.75 Å². The van der Waals surface area contributed by atoms with Gasteiger partial charge < -0.3 is 15.9 Å². The lowest BCUT2D eigenvalue weighted by Crippen LogP contribution is -2.34. The zero-order chi connectivity index (χ0) is 13.1. The summed E-state index contributed by atoms with van der Waals surface area (Å²) in [7, 11) is 0. The summed E-state index contributed by atoms with van der Waals surface area (Å²) in [5.41, 5.74) is 6.22. The van der Waals surface area contributed by atoms with Gasteiger partial charge in [-0.3, -0.25) is 0 Å². The van der Waals surface area contributed by atoms with Crippen LogP contribution in [0.4, 0.5) is 4.39 Å². The number of benzene rings is 1. The highest BCUT2D eigenvalue weighted by Crippen LogP contribution is 2.32. The van der Waals surface area contributed by atoms with Gasteiger partial charge in [0.2, 0.25) is 0 Å². The summed E-state index contributed by atoms with van der Waals surface area (Å²) in [6, 6.07) is 3.14. The Bertz CT molecular complexity index is 405. The summed E-state index contributed by atoms with van der Waals surface area (Å²) in [5, 5.41) is 19.4. The van der Waals surface area contributed by atoms with Gasteiger partial charge in [0.15, 0.2) is 0 Å². The largest absolute Gasteiger partial charge is 0.508 e. The third kappa shape index (κ3) is 2.82. The molecule has 3 nitrogen and oxygen atoms in total. The number of phenols is 1. The minimum absolute atomic E-state index is 0.129. The highest BCUT2D eigenvalue weighted by atomic mass is 19.1. The molecule has 1 saturated carbocycles. The van der Waals surface area contributed by atoms with Crippen molar-refractivity contribution in [2.24, 2.45) is 11.7 Å². The number of aliphatic hydroxyl groups is 1. The molecule has 0 radical (unpaired) electrons. The Morgan fingerprint density at radius 1 is 1.22 bits per heavy atom. The number of aromatic hydroxyl groups is 1. The van der Waals surface area contributed by atoms with Crippen LogP contribution < -0.4 is 5.73 Å². The van der Waals surface area contributed by atoms with Crippen molar-refractivity contribution < 1.29 is 14.6 Å². The molecule has 0 aliphatic heterocycles. The van der Waals surface area contributed by atoms with Gasteiger partial charge in [-0.1, -0.05) is 25.3 Å². The molecule has 0 aromatic heterocycles. The maximum Gasteiger partial charge on any atom is 0.131 e. The number of aliphatic hydroxyl groups excluding tert-OH is 1. The molecule has 0 amide bonds. The smallest absolute Gasteiger partial charge is 0.131 e. The third-order valence-corrected chi connectivity index (χ3v) is 3.84. The van der Waals surface area contributed by atoms with Crippen molar-refractivity contribution in [2.45, 2.75) is 44.2 Å². The Labute approximate surface area is 106 Å².